The smallest absolute Gasteiger partial charge is 0.335 e. The van der Waals surface area contributed by atoms with Gasteiger partial charge in [-0.3, -0.25) is 0 Å². The highest BCUT2D eigenvalue weighted by molar-refractivity contribution is 6.42. The van der Waals surface area contributed by atoms with Crippen LogP contribution in [0.5, 0.6) is 0 Å². The maximum absolute atomic E-state index is 11.1. The van der Waals surface area contributed by atoms with Crippen molar-refractivity contribution in [2.75, 3.05) is 0 Å². The number of benzene rings is 2. The third-order valence-electron chi connectivity index (χ3n) is 3.51. The second-order valence-electron chi connectivity index (χ2n) is 5.00. The molecule has 1 N–H and O–H groups in total. The number of imidazole rings is 1. The van der Waals surface area contributed by atoms with Crippen LogP contribution in [-0.4, -0.2) is 20.6 Å². The molecule has 6 heteroatoms. The van der Waals surface area contributed by atoms with Crippen molar-refractivity contribution in [2.24, 2.45) is 0 Å². The second-order valence-corrected chi connectivity index (χ2v) is 5.82. The van der Waals surface area contributed by atoms with Crippen molar-refractivity contribution in [2.45, 2.75) is 13.5 Å². The molecule has 0 aliphatic carbocycles. The molecule has 0 fully saturated rings. The summed E-state index contributed by atoms with van der Waals surface area (Å²) in [6.45, 7) is 2.43. The molecule has 0 bridgehead atoms. The molecule has 3 aromatic rings. The van der Waals surface area contributed by atoms with E-state index < -0.39 is 5.97 Å². The Morgan fingerprint density at radius 2 is 1.95 bits per heavy atom. The number of aromatic nitrogens is 2. The van der Waals surface area contributed by atoms with Crippen molar-refractivity contribution in [1.29, 1.82) is 0 Å². The SMILES string of the molecule is Cc1nc2ccc(C(=O)O)cc2n1Cc1ccc(Cl)c(Cl)c1. The van der Waals surface area contributed by atoms with Crippen LogP contribution < -0.4 is 0 Å². The molecule has 0 unspecified atom stereocenters. The predicted octanol–water partition coefficient (Wildman–Crippen LogP) is 4.40. The molecule has 2 aromatic carbocycles. The summed E-state index contributed by atoms with van der Waals surface area (Å²) in [6, 6.07) is 10.3. The first kappa shape index (κ1) is 14.9. The largest absolute Gasteiger partial charge is 0.478 e. The number of aromatic carboxylic acids is 1. The highest BCUT2D eigenvalue weighted by Gasteiger charge is 2.12. The van der Waals surface area contributed by atoms with Crippen LogP contribution in [0.3, 0.4) is 0 Å². The second kappa shape index (κ2) is 5.63. The summed E-state index contributed by atoms with van der Waals surface area (Å²) in [4.78, 5) is 15.6. The third-order valence-corrected chi connectivity index (χ3v) is 4.25. The predicted molar refractivity (Wildman–Crippen MR) is 87.0 cm³/mol. The zero-order chi connectivity index (χ0) is 15.9. The average molecular weight is 335 g/mol. The number of halogens is 2. The van der Waals surface area contributed by atoms with Gasteiger partial charge in [0.1, 0.15) is 5.82 Å². The number of carboxylic acid groups (broad SMARTS) is 1. The van der Waals surface area contributed by atoms with Gasteiger partial charge < -0.3 is 9.67 Å². The Hall–Kier alpha value is -2.04. The van der Waals surface area contributed by atoms with Crippen LogP contribution in [0.1, 0.15) is 21.7 Å². The maximum Gasteiger partial charge on any atom is 0.335 e. The molecule has 0 amide bonds. The molecule has 0 radical (unpaired) electrons. The number of aryl methyl sites for hydroxylation is 1. The molecule has 0 saturated heterocycles. The summed E-state index contributed by atoms with van der Waals surface area (Å²) in [5.41, 5.74) is 2.76. The quantitative estimate of drug-likeness (QED) is 0.772. The van der Waals surface area contributed by atoms with Gasteiger partial charge in [-0.05, 0) is 42.8 Å². The van der Waals surface area contributed by atoms with E-state index in [9.17, 15) is 4.79 Å². The standard InChI is InChI=1S/C16H12Cl2N2O2/c1-9-19-14-5-3-11(16(21)22)7-15(14)20(9)8-10-2-4-12(17)13(18)6-10/h2-7H,8H2,1H3,(H,21,22). The molecule has 1 heterocycles. The van der Waals surface area contributed by atoms with E-state index in [1.807, 2.05) is 17.6 Å². The molecule has 22 heavy (non-hydrogen) atoms. The van der Waals surface area contributed by atoms with Gasteiger partial charge in [-0.1, -0.05) is 29.3 Å². The van der Waals surface area contributed by atoms with E-state index >= 15 is 0 Å². The summed E-state index contributed by atoms with van der Waals surface area (Å²) in [6.07, 6.45) is 0. The van der Waals surface area contributed by atoms with Crippen LogP contribution in [0.25, 0.3) is 11.0 Å². The number of nitrogens with zero attached hydrogens (tertiary/aromatic N) is 2. The fourth-order valence-electron chi connectivity index (χ4n) is 2.40. The van der Waals surface area contributed by atoms with Crippen LogP contribution in [0.15, 0.2) is 36.4 Å². The van der Waals surface area contributed by atoms with Gasteiger partial charge in [-0.25, -0.2) is 9.78 Å². The summed E-state index contributed by atoms with van der Waals surface area (Å²) < 4.78 is 1.96. The number of hydrogen-bond donors (Lipinski definition) is 1. The van der Waals surface area contributed by atoms with E-state index in [1.54, 1.807) is 30.3 Å². The van der Waals surface area contributed by atoms with E-state index in [2.05, 4.69) is 4.98 Å². The van der Waals surface area contributed by atoms with E-state index in [4.69, 9.17) is 28.3 Å². The van der Waals surface area contributed by atoms with Gasteiger partial charge in [0, 0.05) is 6.54 Å². The normalized spacial score (nSPS) is 11.0. The van der Waals surface area contributed by atoms with Gasteiger partial charge in [0.2, 0.25) is 0 Å². The highest BCUT2D eigenvalue weighted by atomic mass is 35.5. The van der Waals surface area contributed by atoms with Crippen molar-refractivity contribution >= 4 is 40.2 Å². The lowest BCUT2D eigenvalue weighted by atomic mass is 10.2. The van der Waals surface area contributed by atoms with E-state index in [-0.39, 0.29) is 5.56 Å². The number of rotatable bonds is 3. The van der Waals surface area contributed by atoms with E-state index in [1.165, 1.54) is 0 Å². The Morgan fingerprint density at radius 3 is 2.64 bits per heavy atom. The van der Waals surface area contributed by atoms with Gasteiger partial charge in [-0.2, -0.15) is 0 Å². The zero-order valence-electron chi connectivity index (χ0n) is 11.7. The van der Waals surface area contributed by atoms with Crippen molar-refractivity contribution in [3.63, 3.8) is 0 Å². The van der Waals surface area contributed by atoms with Crippen molar-refractivity contribution in [3.05, 3.63) is 63.4 Å². The summed E-state index contributed by atoms with van der Waals surface area (Å²) in [5, 5.41) is 10.1. The van der Waals surface area contributed by atoms with Gasteiger partial charge >= 0.3 is 5.97 Å². The van der Waals surface area contributed by atoms with Crippen LogP contribution in [0.2, 0.25) is 10.0 Å². The molecule has 0 spiro atoms. The Labute approximate surface area is 136 Å². The van der Waals surface area contributed by atoms with Crippen LogP contribution in [-0.2, 0) is 6.54 Å². The molecule has 0 aliphatic heterocycles. The minimum absolute atomic E-state index is 0.239. The average Bonchev–Trinajstić information content (AvgIpc) is 2.78. The molecular weight excluding hydrogens is 323 g/mol. The molecule has 112 valence electrons. The van der Waals surface area contributed by atoms with Crippen molar-refractivity contribution in [3.8, 4) is 0 Å². The first-order valence-corrected chi connectivity index (χ1v) is 7.35. The topological polar surface area (TPSA) is 55.1 Å². The maximum atomic E-state index is 11.1. The lowest BCUT2D eigenvalue weighted by Crippen LogP contribution is -2.03. The van der Waals surface area contributed by atoms with Crippen LogP contribution >= 0.6 is 23.2 Å². The van der Waals surface area contributed by atoms with E-state index in [0.717, 1.165) is 22.4 Å². The van der Waals surface area contributed by atoms with Gasteiger partial charge in [0.05, 0.1) is 26.6 Å². The molecule has 0 aliphatic rings. The van der Waals surface area contributed by atoms with Gasteiger partial charge in [-0.15, -0.1) is 0 Å². The molecule has 4 nitrogen and oxygen atoms in total. The van der Waals surface area contributed by atoms with Crippen LogP contribution in [0, 0.1) is 6.92 Å². The Kier molecular flexibility index (Phi) is 3.81. The number of carboxylic acids is 1. The number of hydrogen-bond acceptors (Lipinski definition) is 2. The zero-order valence-corrected chi connectivity index (χ0v) is 13.2. The summed E-state index contributed by atoms with van der Waals surface area (Å²) >= 11 is 12.0. The first-order chi connectivity index (χ1) is 10.5. The fourth-order valence-corrected chi connectivity index (χ4v) is 2.72. The summed E-state index contributed by atoms with van der Waals surface area (Å²) in [5.74, 6) is -0.148. The molecule has 1 aromatic heterocycles. The lowest BCUT2D eigenvalue weighted by Gasteiger charge is -2.08. The molecule has 0 atom stereocenters. The number of carbonyl (C=O) groups is 1. The number of fused-ring (bicyclic) bond motifs is 1. The summed E-state index contributed by atoms with van der Waals surface area (Å²) in [7, 11) is 0. The lowest BCUT2D eigenvalue weighted by molar-refractivity contribution is 0.0697. The molecule has 0 saturated carbocycles. The third kappa shape index (κ3) is 2.67. The van der Waals surface area contributed by atoms with E-state index in [0.29, 0.717) is 16.6 Å². The molecular formula is C16H12Cl2N2O2. The van der Waals surface area contributed by atoms with Crippen molar-refractivity contribution in [1.82, 2.24) is 9.55 Å². The molecule has 3 rings (SSSR count). The minimum Gasteiger partial charge on any atom is -0.478 e. The fraction of sp³-hybridized carbons (Fsp3) is 0.125. The minimum atomic E-state index is -0.957. The Bertz CT molecular complexity index is 887. The van der Waals surface area contributed by atoms with Crippen molar-refractivity contribution < 1.29 is 9.90 Å². The Morgan fingerprint density at radius 1 is 1.18 bits per heavy atom. The van der Waals surface area contributed by atoms with Crippen LogP contribution in [0.4, 0.5) is 0 Å². The Balaban J connectivity index is 2.08. The van der Waals surface area contributed by atoms with Gasteiger partial charge in [0.15, 0.2) is 0 Å². The van der Waals surface area contributed by atoms with Gasteiger partial charge in [0.25, 0.3) is 0 Å². The first-order valence-electron chi connectivity index (χ1n) is 6.60. The monoisotopic (exact) mass is 334 g/mol. The highest BCUT2D eigenvalue weighted by Crippen LogP contribution is 2.25.